The molecule has 0 aliphatic carbocycles. The zero-order valence-corrected chi connectivity index (χ0v) is 14.9. The van der Waals surface area contributed by atoms with Crippen LogP contribution in [0.2, 0.25) is 0 Å². The molecule has 0 aromatic rings. The number of piperazine rings is 2. The number of carbonyl (C=O) groups is 2. The maximum Gasteiger partial charge on any atom is 0.240 e. The molecule has 8 heteroatoms. The van der Waals surface area contributed by atoms with Crippen molar-refractivity contribution < 1.29 is 14.3 Å². The van der Waals surface area contributed by atoms with Gasteiger partial charge in [0.05, 0.1) is 19.1 Å². The molecular weight excluding hydrogens is 320 g/mol. The molecule has 1 atom stereocenters. The Bertz CT molecular complexity index is 389. The van der Waals surface area contributed by atoms with Gasteiger partial charge >= 0.3 is 0 Å². The van der Waals surface area contributed by atoms with Gasteiger partial charge in [0.25, 0.3) is 0 Å². The van der Waals surface area contributed by atoms with E-state index < -0.39 is 0 Å². The lowest BCUT2D eigenvalue weighted by atomic mass is 10.1. The van der Waals surface area contributed by atoms with Crippen molar-refractivity contribution in [2.45, 2.75) is 19.4 Å². The molecule has 0 aromatic carbocycles. The highest BCUT2D eigenvalue weighted by molar-refractivity contribution is 5.89. The van der Waals surface area contributed by atoms with E-state index in [-0.39, 0.29) is 36.7 Å². The van der Waals surface area contributed by atoms with Crippen molar-refractivity contribution in [1.82, 2.24) is 20.0 Å². The summed E-state index contributed by atoms with van der Waals surface area (Å²) in [5, 5.41) is 3.18. The predicted octanol–water partition coefficient (Wildman–Crippen LogP) is -0.591. The Labute approximate surface area is 144 Å². The minimum absolute atomic E-state index is 0. The van der Waals surface area contributed by atoms with E-state index >= 15 is 0 Å². The number of ether oxygens (including phenoxy) is 1. The lowest BCUT2D eigenvalue weighted by Gasteiger charge is -2.36. The average molecular weight is 349 g/mol. The van der Waals surface area contributed by atoms with Crippen LogP contribution in [0.4, 0.5) is 0 Å². The van der Waals surface area contributed by atoms with E-state index in [2.05, 4.69) is 17.3 Å². The number of nitrogens with zero attached hydrogens (tertiary/aromatic N) is 3. The minimum atomic E-state index is -0.387. The second-order valence-corrected chi connectivity index (χ2v) is 5.92. The van der Waals surface area contributed by atoms with Crippen LogP contribution < -0.4 is 5.32 Å². The van der Waals surface area contributed by atoms with Crippen LogP contribution in [-0.4, -0.2) is 98.6 Å². The van der Waals surface area contributed by atoms with Crippen LogP contribution in [0.15, 0.2) is 0 Å². The Morgan fingerprint density at radius 2 is 1.96 bits per heavy atom. The molecule has 2 aliphatic rings. The summed E-state index contributed by atoms with van der Waals surface area (Å²) in [6.07, 6.45) is 0.258. The number of likely N-dealkylation sites (N-methyl/N-ethyl adjacent to an activating group) is 1. The SMILES string of the molecule is CCOCCN1CCNC(CC(=O)N2CCN(C)CC2)C1=O.Cl. The molecule has 0 radical (unpaired) electrons. The first-order valence-corrected chi connectivity index (χ1v) is 8.18. The molecule has 23 heavy (non-hydrogen) atoms. The Kier molecular flexibility index (Phi) is 8.83. The van der Waals surface area contributed by atoms with Gasteiger partial charge in [-0.05, 0) is 14.0 Å². The molecule has 1 unspecified atom stereocenters. The van der Waals surface area contributed by atoms with Crippen LogP contribution in [-0.2, 0) is 14.3 Å². The quantitative estimate of drug-likeness (QED) is 0.650. The summed E-state index contributed by atoms with van der Waals surface area (Å²) in [6, 6.07) is -0.387. The number of nitrogens with one attached hydrogen (secondary N) is 1. The average Bonchev–Trinajstić information content (AvgIpc) is 2.51. The molecule has 2 amide bonds. The van der Waals surface area contributed by atoms with Gasteiger partial charge in [0.2, 0.25) is 11.8 Å². The topological polar surface area (TPSA) is 65.1 Å². The maximum atomic E-state index is 12.4. The molecule has 0 spiro atoms. The van der Waals surface area contributed by atoms with Crippen LogP contribution in [0.25, 0.3) is 0 Å². The molecule has 1 N–H and O–H groups in total. The molecule has 2 fully saturated rings. The van der Waals surface area contributed by atoms with Gasteiger partial charge in [-0.3, -0.25) is 9.59 Å². The van der Waals surface area contributed by atoms with E-state index in [1.54, 1.807) is 4.90 Å². The third-order valence-electron chi connectivity index (χ3n) is 4.33. The highest BCUT2D eigenvalue weighted by Gasteiger charge is 2.31. The van der Waals surface area contributed by atoms with Crippen LogP contribution in [0.5, 0.6) is 0 Å². The Morgan fingerprint density at radius 1 is 1.26 bits per heavy atom. The fourth-order valence-corrected chi connectivity index (χ4v) is 2.85. The summed E-state index contributed by atoms with van der Waals surface area (Å²) in [4.78, 5) is 30.7. The minimum Gasteiger partial charge on any atom is -0.380 e. The molecular formula is C15H29ClN4O3. The second-order valence-electron chi connectivity index (χ2n) is 5.92. The Hall–Kier alpha value is -0.890. The lowest BCUT2D eigenvalue weighted by molar-refractivity contribution is -0.142. The van der Waals surface area contributed by atoms with E-state index in [0.29, 0.717) is 26.3 Å². The van der Waals surface area contributed by atoms with Gasteiger partial charge < -0.3 is 24.8 Å². The van der Waals surface area contributed by atoms with Gasteiger partial charge in [-0.15, -0.1) is 12.4 Å². The number of carbonyl (C=O) groups excluding carboxylic acids is 2. The zero-order valence-electron chi connectivity index (χ0n) is 14.1. The molecule has 2 aliphatic heterocycles. The zero-order chi connectivity index (χ0) is 15.9. The van der Waals surface area contributed by atoms with Crippen LogP contribution in [0, 0.1) is 0 Å². The summed E-state index contributed by atoms with van der Waals surface area (Å²) in [5.41, 5.74) is 0. The first kappa shape index (κ1) is 20.2. The summed E-state index contributed by atoms with van der Waals surface area (Å²) in [6.45, 7) is 8.49. The number of hydrogen-bond acceptors (Lipinski definition) is 5. The van der Waals surface area contributed by atoms with Crippen LogP contribution in [0.3, 0.4) is 0 Å². The van der Waals surface area contributed by atoms with Gasteiger partial charge in [-0.2, -0.15) is 0 Å². The van der Waals surface area contributed by atoms with E-state index in [4.69, 9.17) is 4.74 Å². The van der Waals surface area contributed by atoms with Crippen molar-refractivity contribution in [2.24, 2.45) is 0 Å². The number of rotatable bonds is 6. The smallest absolute Gasteiger partial charge is 0.240 e. The number of amides is 2. The van der Waals surface area contributed by atoms with Crippen molar-refractivity contribution in [1.29, 1.82) is 0 Å². The highest BCUT2D eigenvalue weighted by Crippen LogP contribution is 2.09. The first-order chi connectivity index (χ1) is 10.6. The first-order valence-electron chi connectivity index (χ1n) is 8.18. The van der Waals surface area contributed by atoms with Crippen LogP contribution in [0.1, 0.15) is 13.3 Å². The maximum absolute atomic E-state index is 12.4. The molecule has 0 saturated carbocycles. The van der Waals surface area contributed by atoms with Gasteiger partial charge in [0, 0.05) is 52.4 Å². The Morgan fingerprint density at radius 3 is 2.61 bits per heavy atom. The Balaban J connectivity index is 0.00000264. The summed E-state index contributed by atoms with van der Waals surface area (Å²) in [7, 11) is 2.06. The molecule has 2 saturated heterocycles. The molecule has 2 heterocycles. The van der Waals surface area contributed by atoms with E-state index in [1.165, 1.54) is 0 Å². The number of hydrogen-bond donors (Lipinski definition) is 1. The third kappa shape index (κ3) is 5.91. The van der Waals surface area contributed by atoms with E-state index in [0.717, 1.165) is 32.7 Å². The molecule has 0 aromatic heterocycles. The lowest BCUT2D eigenvalue weighted by Crippen LogP contribution is -2.57. The number of halogens is 1. The monoisotopic (exact) mass is 348 g/mol. The van der Waals surface area contributed by atoms with Crippen molar-refractivity contribution in [2.75, 3.05) is 66.1 Å². The normalized spacial score (nSPS) is 22.9. The molecule has 7 nitrogen and oxygen atoms in total. The predicted molar refractivity (Wildman–Crippen MR) is 90.8 cm³/mol. The highest BCUT2D eigenvalue weighted by atomic mass is 35.5. The van der Waals surface area contributed by atoms with E-state index in [1.807, 2.05) is 11.8 Å². The van der Waals surface area contributed by atoms with Crippen molar-refractivity contribution in [3.63, 3.8) is 0 Å². The van der Waals surface area contributed by atoms with Gasteiger partial charge in [0.1, 0.15) is 0 Å². The van der Waals surface area contributed by atoms with E-state index in [9.17, 15) is 9.59 Å². The standard InChI is InChI=1S/C15H28N4O3.ClH/c1-3-22-11-10-19-5-4-16-13(15(19)21)12-14(20)18-8-6-17(2)7-9-18;/h13,16H,3-12H2,1-2H3;1H. The summed E-state index contributed by atoms with van der Waals surface area (Å²) < 4.78 is 5.31. The summed E-state index contributed by atoms with van der Waals surface area (Å²) in [5.74, 6) is 0.0963. The van der Waals surface area contributed by atoms with Crippen molar-refractivity contribution in [3.05, 3.63) is 0 Å². The fourth-order valence-electron chi connectivity index (χ4n) is 2.85. The fraction of sp³-hybridized carbons (Fsp3) is 0.867. The largest absolute Gasteiger partial charge is 0.380 e. The second kappa shape index (κ2) is 10.1. The van der Waals surface area contributed by atoms with Crippen molar-refractivity contribution >= 4 is 24.2 Å². The van der Waals surface area contributed by atoms with Crippen molar-refractivity contribution in [3.8, 4) is 0 Å². The van der Waals surface area contributed by atoms with Crippen LogP contribution >= 0.6 is 12.4 Å². The van der Waals surface area contributed by atoms with Gasteiger partial charge in [-0.1, -0.05) is 0 Å². The van der Waals surface area contributed by atoms with Gasteiger partial charge in [-0.25, -0.2) is 0 Å². The summed E-state index contributed by atoms with van der Waals surface area (Å²) >= 11 is 0. The van der Waals surface area contributed by atoms with Gasteiger partial charge in [0.15, 0.2) is 0 Å². The molecule has 0 bridgehead atoms. The molecule has 2 rings (SSSR count). The molecule has 134 valence electrons. The third-order valence-corrected chi connectivity index (χ3v) is 4.33.